The number of sulfonamides is 1. The summed E-state index contributed by atoms with van der Waals surface area (Å²) < 4.78 is 36.8. The minimum Gasteiger partial charge on any atom is -0.453 e. The molecule has 7 nitrogen and oxygen atoms in total. The van der Waals surface area contributed by atoms with Crippen molar-refractivity contribution in [2.75, 3.05) is 0 Å². The lowest BCUT2D eigenvalue weighted by molar-refractivity contribution is 0.0700. The van der Waals surface area contributed by atoms with Crippen molar-refractivity contribution in [3.05, 3.63) is 95.4 Å². The Kier molecular flexibility index (Phi) is 5.67. The fourth-order valence-electron chi connectivity index (χ4n) is 4.17. The van der Waals surface area contributed by atoms with E-state index in [1.165, 1.54) is 12.1 Å². The minimum absolute atomic E-state index is 0.0958. The van der Waals surface area contributed by atoms with Crippen LogP contribution in [0.25, 0.3) is 10.8 Å². The van der Waals surface area contributed by atoms with Gasteiger partial charge in [0.25, 0.3) is 10.0 Å². The summed E-state index contributed by atoms with van der Waals surface area (Å²) in [6, 6.07) is 21.2. The Labute approximate surface area is 197 Å². The molecule has 3 aromatic carbocycles. The molecule has 1 aliphatic carbocycles. The van der Waals surface area contributed by atoms with Crippen molar-refractivity contribution in [3.8, 4) is 5.75 Å². The smallest absolute Gasteiger partial charge is 0.379 e. The van der Waals surface area contributed by atoms with Crippen molar-refractivity contribution in [2.45, 2.75) is 31.1 Å². The van der Waals surface area contributed by atoms with Crippen LogP contribution in [0.3, 0.4) is 0 Å². The van der Waals surface area contributed by atoms with Gasteiger partial charge in [0.1, 0.15) is 11.5 Å². The molecule has 0 spiro atoms. The van der Waals surface area contributed by atoms with Crippen LogP contribution in [-0.4, -0.2) is 20.1 Å². The highest BCUT2D eigenvalue weighted by molar-refractivity contribution is 7.89. The molecule has 1 N–H and O–H groups in total. The molecule has 0 amide bonds. The number of furan rings is 1. The molecular weight excluding hydrogens is 452 g/mol. The minimum atomic E-state index is -3.81. The van der Waals surface area contributed by atoms with Crippen LogP contribution >= 0.6 is 0 Å². The van der Waals surface area contributed by atoms with Gasteiger partial charge in [-0.25, -0.2) is 4.79 Å². The number of carbonyl (C=O) groups is 1. The lowest BCUT2D eigenvalue weighted by Gasteiger charge is -2.14. The molecule has 0 aliphatic heterocycles. The van der Waals surface area contributed by atoms with Gasteiger partial charge >= 0.3 is 5.97 Å². The molecule has 0 unspecified atom stereocenters. The van der Waals surface area contributed by atoms with Crippen LogP contribution in [-0.2, 0) is 16.4 Å². The third kappa shape index (κ3) is 4.08. The summed E-state index contributed by atoms with van der Waals surface area (Å²) in [6.45, 7) is 1.76. The van der Waals surface area contributed by atoms with E-state index >= 15 is 0 Å². The van der Waals surface area contributed by atoms with Gasteiger partial charge in [-0.05, 0) is 43.4 Å². The van der Waals surface area contributed by atoms with Crippen molar-refractivity contribution in [2.24, 2.45) is 5.10 Å². The molecule has 1 aromatic heterocycles. The first kappa shape index (κ1) is 21.9. The highest BCUT2D eigenvalue weighted by Crippen LogP contribution is 2.32. The number of ether oxygens (including phenoxy) is 1. The van der Waals surface area contributed by atoms with Crippen molar-refractivity contribution < 1.29 is 22.4 Å². The number of nitrogens with one attached hydrogen (secondary N) is 1. The van der Waals surface area contributed by atoms with Gasteiger partial charge in [0, 0.05) is 22.9 Å². The monoisotopic (exact) mass is 474 g/mol. The molecule has 1 aliphatic rings. The number of rotatable bonds is 5. The first-order valence-electron chi connectivity index (χ1n) is 10.9. The Bertz CT molecular complexity index is 1520. The molecule has 0 radical (unpaired) electrons. The van der Waals surface area contributed by atoms with Gasteiger partial charge in [-0.3, -0.25) is 0 Å². The topological polar surface area (TPSA) is 98.0 Å². The second-order valence-electron chi connectivity index (χ2n) is 8.04. The molecule has 8 heteroatoms. The number of aryl methyl sites for hydroxylation is 1. The molecule has 0 saturated heterocycles. The standard InChI is InChI=1S/C26H22N2O5S/c1-17-24-21(27-28-34(30,31)19-11-3-2-4-12-19)14-8-16-23(24)32-25(17)26(29)33-22-15-7-10-18-9-5-6-13-20(18)22/h2-7,9-13,15,28H,8,14,16H2,1H3/b27-21+. The van der Waals surface area contributed by atoms with E-state index in [1.54, 1.807) is 31.2 Å². The van der Waals surface area contributed by atoms with Crippen molar-refractivity contribution in [1.29, 1.82) is 0 Å². The summed E-state index contributed by atoms with van der Waals surface area (Å²) in [6.07, 6.45) is 1.91. The average molecular weight is 475 g/mol. The second kappa shape index (κ2) is 8.79. The highest BCUT2D eigenvalue weighted by atomic mass is 32.2. The van der Waals surface area contributed by atoms with Crippen LogP contribution in [0.2, 0.25) is 0 Å². The molecule has 0 saturated carbocycles. The predicted octanol–water partition coefficient (Wildman–Crippen LogP) is 4.98. The van der Waals surface area contributed by atoms with Gasteiger partial charge in [0.15, 0.2) is 0 Å². The molecule has 4 aromatic rings. The van der Waals surface area contributed by atoms with Gasteiger partial charge in [-0.2, -0.15) is 18.4 Å². The molecule has 172 valence electrons. The van der Waals surface area contributed by atoms with Gasteiger partial charge in [-0.15, -0.1) is 0 Å². The van der Waals surface area contributed by atoms with Crippen LogP contribution in [0, 0.1) is 6.92 Å². The van der Waals surface area contributed by atoms with E-state index in [9.17, 15) is 13.2 Å². The van der Waals surface area contributed by atoms with Crippen molar-refractivity contribution in [1.82, 2.24) is 4.83 Å². The second-order valence-corrected chi connectivity index (χ2v) is 9.70. The molecule has 34 heavy (non-hydrogen) atoms. The Hall–Kier alpha value is -3.91. The SMILES string of the molecule is Cc1c(C(=O)Oc2cccc3ccccc23)oc2c1/C(=N/NS(=O)(=O)c1ccccc1)CCC2. The summed E-state index contributed by atoms with van der Waals surface area (Å²) in [5.74, 6) is 0.540. The number of hydrogen-bond acceptors (Lipinski definition) is 6. The maximum Gasteiger partial charge on any atom is 0.379 e. The lowest BCUT2D eigenvalue weighted by Crippen LogP contribution is -2.22. The van der Waals surface area contributed by atoms with Crippen LogP contribution in [0.15, 0.2) is 87.2 Å². The van der Waals surface area contributed by atoms with Gasteiger partial charge < -0.3 is 9.15 Å². The average Bonchev–Trinajstić information content (AvgIpc) is 3.21. The normalized spacial score (nSPS) is 14.7. The number of benzene rings is 3. The summed E-state index contributed by atoms with van der Waals surface area (Å²) >= 11 is 0. The first-order valence-corrected chi connectivity index (χ1v) is 12.4. The van der Waals surface area contributed by atoms with E-state index < -0.39 is 16.0 Å². The van der Waals surface area contributed by atoms with E-state index in [0.717, 1.165) is 17.2 Å². The molecule has 1 heterocycles. The molecule has 0 atom stereocenters. The number of esters is 1. The summed E-state index contributed by atoms with van der Waals surface area (Å²) in [4.78, 5) is 15.5. The largest absolute Gasteiger partial charge is 0.453 e. The van der Waals surface area contributed by atoms with Crippen molar-refractivity contribution in [3.63, 3.8) is 0 Å². The molecule has 0 fully saturated rings. The summed E-state index contributed by atoms with van der Waals surface area (Å²) in [5, 5.41) is 5.98. The van der Waals surface area contributed by atoms with E-state index in [4.69, 9.17) is 9.15 Å². The first-order chi connectivity index (χ1) is 16.4. The van der Waals surface area contributed by atoms with Crippen LogP contribution in [0.5, 0.6) is 5.75 Å². The molecular formula is C26H22N2O5S. The van der Waals surface area contributed by atoms with Gasteiger partial charge in [-0.1, -0.05) is 54.6 Å². The fourth-order valence-corrected chi connectivity index (χ4v) is 5.02. The van der Waals surface area contributed by atoms with Gasteiger partial charge in [0.05, 0.1) is 10.6 Å². The third-order valence-corrected chi connectivity index (χ3v) is 7.04. The quantitative estimate of drug-likeness (QED) is 0.250. The van der Waals surface area contributed by atoms with Crippen LogP contribution < -0.4 is 9.57 Å². The predicted molar refractivity (Wildman–Crippen MR) is 129 cm³/mol. The summed E-state index contributed by atoms with van der Waals surface area (Å²) in [7, 11) is -3.81. The van der Waals surface area contributed by atoms with Gasteiger partial charge in [0.2, 0.25) is 5.76 Å². The molecule has 5 rings (SSSR count). The zero-order valence-corrected chi connectivity index (χ0v) is 19.3. The van der Waals surface area contributed by atoms with Crippen LogP contribution in [0.1, 0.15) is 40.3 Å². The zero-order valence-electron chi connectivity index (χ0n) is 18.4. The Balaban J connectivity index is 1.44. The van der Waals surface area contributed by atoms with E-state index in [-0.39, 0.29) is 10.7 Å². The van der Waals surface area contributed by atoms with Crippen molar-refractivity contribution >= 4 is 32.5 Å². The van der Waals surface area contributed by atoms with E-state index in [1.807, 2.05) is 36.4 Å². The number of hydrogen-bond donors (Lipinski definition) is 1. The number of hydrazone groups is 1. The number of nitrogens with zero attached hydrogens (tertiary/aromatic N) is 1. The van der Waals surface area contributed by atoms with Crippen LogP contribution in [0.4, 0.5) is 0 Å². The summed E-state index contributed by atoms with van der Waals surface area (Å²) in [5.41, 5.74) is 1.77. The van der Waals surface area contributed by atoms with E-state index in [0.29, 0.717) is 41.2 Å². The maximum absolute atomic E-state index is 13.0. The zero-order chi connectivity index (χ0) is 23.7. The Morgan fingerprint density at radius 2 is 1.71 bits per heavy atom. The number of carbonyl (C=O) groups excluding carboxylic acids is 1. The number of fused-ring (bicyclic) bond motifs is 2. The highest BCUT2D eigenvalue weighted by Gasteiger charge is 2.29. The lowest BCUT2D eigenvalue weighted by atomic mass is 9.93. The third-order valence-electron chi connectivity index (χ3n) is 5.82. The van der Waals surface area contributed by atoms with E-state index in [2.05, 4.69) is 9.93 Å². The Morgan fingerprint density at radius 3 is 2.53 bits per heavy atom. The molecule has 0 bridgehead atoms. The Morgan fingerprint density at radius 1 is 0.971 bits per heavy atom. The maximum atomic E-state index is 13.0. The fraction of sp³-hybridized carbons (Fsp3) is 0.154.